The van der Waals surface area contributed by atoms with Crippen LogP contribution >= 0.6 is 0 Å². The van der Waals surface area contributed by atoms with Crippen molar-refractivity contribution in [2.24, 2.45) is 0 Å². The largest absolute Gasteiger partial charge is 0.468 e. The van der Waals surface area contributed by atoms with Crippen molar-refractivity contribution >= 4 is 6.47 Å². The second kappa shape index (κ2) is 8.71. The Bertz CT molecular complexity index is 211. The van der Waals surface area contributed by atoms with Crippen LogP contribution in [0.25, 0.3) is 0 Å². The van der Waals surface area contributed by atoms with E-state index in [0.717, 1.165) is 12.1 Å². The fraction of sp³-hybridized carbons (Fsp3) is 0.400. The number of carbonyl (C=O) groups excluding carboxylic acids is 1. The number of aromatic nitrogens is 1. The van der Waals surface area contributed by atoms with Gasteiger partial charge >= 0.3 is 0 Å². The van der Waals surface area contributed by atoms with E-state index < -0.39 is 0 Å². The first-order valence-corrected chi connectivity index (χ1v) is 4.24. The molecule has 0 spiro atoms. The van der Waals surface area contributed by atoms with Crippen LogP contribution in [0.5, 0.6) is 0 Å². The Morgan fingerprint density at radius 3 is 2.54 bits per heavy atom. The lowest BCUT2D eigenvalue weighted by molar-refractivity contribution is -0.128. The average Bonchev–Trinajstić information content (AvgIpc) is 2.17. The van der Waals surface area contributed by atoms with E-state index >= 15 is 0 Å². The van der Waals surface area contributed by atoms with Gasteiger partial charge in [-0.15, -0.1) is 0 Å². The monoisotopic (exact) mass is 181 g/mol. The van der Waals surface area contributed by atoms with Crippen LogP contribution in [0.3, 0.4) is 0 Å². The number of pyridine rings is 1. The van der Waals surface area contributed by atoms with Gasteiger partial charge in [-0.1, -0.05) is 13.0 Å². The predicted octanol–water partition coefficient (Wildman–Crippen LogP) is 1.96. The third-order valence-electron chi connectivity index (χ3n) is 1.20. The van der Waals surface area contributed by atoms with Crippen molar-refractivity contribution in [1.29, 1.82) is 0 Å². The Hall–Kier alpha value is -1.38. The van der Waals surface area contributed by atoms with E-state index in [9.17, 15) is 4.79 Å². The van der Waals surface area contributed by atoms with E-state index in [1.807, 2.05) is 32.0 Å². The highest BCUT2D eigenvalue weighted by Gasteiger charge is 1.73. The minimum atomic E-state index is 0.462. The zero-order chi connectivity index (χ0) is 9.94. The molecule has 0 aliphatic rings. The maximum Gasteiger partial charge on any atom is 0.293 e. The molecule has 0 aliphatic heterocycles. The van der Waals surface area contributed by atoms with Crippen LogP contribution < -0.4 is 0 Å². The Kier molecular flexibility index (Phi) is 7.79. The van der Waals surface area contributed by atoms with Crippen LogP contribution in [-0.4, -0.2) is 18.1 Å². The third-order valence-corrected chi connectivity index (χ3v) is 1.20. The molecule has 0 fully saturated rings. The molecule has 0 saturated heterocycles. The highest BCUT2D eigenvalue weighted by molar-refractivity contribution is 5.36. The van der Waals surface area contributed by atoms with Gasteiger partial charge in [0.2, 0.25) is 0 Å². The lowest BCUT2D eigenvalue weighted by Gasteiger charge is -1.86. The summed E-state index contributed by atoms with van der Waals surface area (Å²) in [6.45, 7) is 4.93. The summed E-state index contributed by atoms with van der Waals surface area (Å²) in [6.07, 6.45) is 2.69. The summed E-state index contributed by atoms with van der Waals surface area (Å²) in [5.74, 6) is 0. The molecule has 3 heteroatoms. The molecule has 0 atom stereocenters. The fourth-order valence-corrected chi connectivity index (χ4v) is 0.614. The van der Waals surface area contributed by atoms with E-state index in [-0.39, 0.29) is 0 Å². The summed E-state index contributed by atoms with van der Waals surface area (Å²) < 4.78 is 4.30. The molecule has 0 aliphatic carbocycles. The molecule has 0 unspecified atom stereocenters. The molecular weight excluding hydrogens is 166 g/mol. The van der Waals surface area contributed by atoms with Gasteiger partial charge in [0.15, 0.2) is 0 Å². The van der Waals surface area contributed by atoms with Crippen molar-refractivity contribution in [2.75, 3.05) is 6.61 Å². The maximum atomic E-state index is 9.34. The molecule has 0 aromatic carbocycles. The predicted molar refractivity (Wildman–Crippen MR) is 51.3 cm³/mol. The minimum absolute atomic E-state index is 0.462. The Morgan fingerprint density at radius 1 is 1.54 bits per heavy atom. The molecule has 13 heavy (non-hydrogen) atoms. The summed E-state index contributed by atoms with van der Waals surface area (Å²) in [7, 11) is 0. The second-order valence-corrected chi connectivity index (χ2v) is 2.44. The topological polar surface area (TPSA) is 39.2 Å². The molecule has 1 aromatic rings. The van der Waals surface area contributed by atoms with E-state index in [0.29, 0.717) is 13.1 Å². The van der Waals surface area contributed by atoms with Crippen molar-refractivity contribution in [3.8, 4) is 0 Å². The highest BCUT2D eigenvalue weighted by Crippen LogP contribution is 1.86. The molecule has 0 radical (unpaired) electrons. The van der Waals surface area contributed by atoms with Crippen molar-refractivity contribution < 1.29 is 9.53 Å². The number of aryl methyl sites for hydroxylation is 1. The van der Waals surface area contributed by atoms with Gasteiger partial charge in [0.25, 0.3) is 6.47 Å². The van der Waals surface area contributed by atoms with Gasteiger partial charge in [-0.3, -0.25) is 9.78 Å². The van der Waals surface area contributed by atoms with Gasteiger partial charge in [0, 0.05) is 11.9 Å². The first-order chi connectivity index (χ1) is 6.31. The standard InChI is InChI=1S/C6H7N.C4H8O2/c1-6-4-2-3-5-7-6;1-2-3-6-4-5/h2-5H,1H3;4H,2-3H2,1H3. The molecule has 0 amide bonds. The Balaban J connectivity index is 0.000000226. The Morgan fingerprint density at radius 2 is 2.31 bits per heavy atom. The lowest BCUT2D eigenvalue weighted by atomic mass is 10.4. The van der Waals surface area contributed by atoms with Crippen LogP contribution in [0.1, 0.15) is 19.0 Å². The fourth-order valence-electron chi connectivity index (χ4n) is 0.614. The van der Waals surface area contributed by atoms with Crippen molar-refractivity contribution in [2.45, 2.75) is 20.3 Å². The molecule has 0 bridgehead atoms. The maximum absolute atomic E-state index is 9.34. The molecule has 0 saturated carbocycles. The van der Waals surface area contributed by atoms with E-state index in [2.05, 4.69) is 9.72 Å². The van der Waals surface area contributed by atoms with Gasteiger partial charge in [-0.05, 0) is 25.5 Å². The normalized spacial score (nSPS) is 8.15. The second-order valence-electron chi connectivity index (χ2n) is 2.44. The molecule has 72 valence electrons. The summed E-state index contributed by atoms with van der Waals surface area (Å²) >= 11 is 0. The average molecular weight is 181 g/mol. The number of carbonyl (C=O) groups is 1. The number of hydrogen-bond donors (Lipinski definition) is 0. The minimum Gasteiger partial charge on any atom is -0.468 e. The van der Waals surface area contributed by atoms with Crippen LogP contribution in [0.2, 0.25) is 0 Å². The molecule has 1 aromatic heterocycles. The van der Waals surface area contributed by atoms with Crippen LogP contribution in [0.4, 0.5) is 0 Å². The SMILES string of the molecule is CCCOC=O.Cc1ccccn1. The first kappa shape index (κ1) is 11.6. The Labute approximate surface area is 78.8 Å². The number of nitrogens with zero attached hydrogens (tertiary/aromatic N) is 1. The van der Waals surface area contributed by atoms with E-state index in [1.165, 1.54) is 0 Å². The molecule has 0 N–H and O–H groups in total. The van der Waals surface area contributed by atoms with Gasteiger partial charge in [-0.25, -0.2) is 0 Å². The number of rotatable bonds is 3. The summed E-state index contributed by atoms with van der Waals surface area (Å²) in [5, 5.41) is 0. The molecule has 1 rings (SSSR count). The van der Waals surface area contributed by atoms with Crippen LogP contribution in [0.15, 0.2) is 24.4 Å². The third kappa shape index (κ3) is 8.53. The van der Waals surface area contributed by atoms with Gasteiger partial charge in [0.1, 0.15) is 0 Å². The number of hydrogen-bond acceptors (Lipinski definition) is 3. The van der Waals surface area contributed by atoms with Crippen molar-refractivity contribution in [3.63, 3.8) is 0 Å². The van der Waals surface area contributed by atoms with Crippen molar-refractivity contribution in [3.05, 3.63) is 30.1 Å². The molecule has 3 nitrogen and oxygen atoms in total. The zero-order valence-electron chi connectivity index (χ0n) is 8.06. The van der Waals surface area contributed by atoms with Gasteiger partial charge in [-0.2, -0.15) is 0 Å². The van der Waals surface area contributed by atoms with Crippen molar-refractivity contribution in [1.82, 2.24) is 4.98 Å². The summed E-state index contributed by atoms with van der Waals surface area (Å²) in [5.41, 5.74) is 1.07. The zero-order valence-corrected chi connectivity index (χ0v) is 8.06. The highest BCUT2D eigenvalue weighted by atomic mass is 16.5. The van der Waals surface area contributed by atoms with Gasteiger partial charge in [0.05, 0.1) is 6.61 Å². The van der Waals surface area contributed by atoms with E-state index in [4.69, 9.17) is 0 Å². The summed E-state index contributed by atoms with van der Waals surface area (Å²) in [4.78, 5) is 13.3. The number of ether oxygens (including phenoxy) is 1. The smallest absolute Gasteiger partial charge is 0.293 e. The quantitative estimate of drug-likeness (QED) is 0.528. The summed E-state index contributed by atoms with van der Waals surface area (Å²) in [6, 6.07) is 5.86. The molecule has 1 heterocycles. The first-order valence-electron chi connectivity index (χ1n) is 4.24. The van der Waals surface area contributed by atoms with Gasteiger partial charge < -0.3 is 4.74 Å². The van der Waals surface area contributed by atoms with Crippen LogP contribution in [0, 0.1) is 6.92 Å². The lowest BCUT2D eigenvalue weighted by Crippen LogP contribution is -1.86. The molecular formula is C10H15NO2. The van der Waals surface area contributed by atoms with Crippen LogP contribution in [-0.2, 0) is 9.53 Å². The van der Waals surface area contributed by atoms with E-state index in [1.54, 1.807) is 6.20 Å².